The number of sulfonamides is 1. The van der Waals surface area contributed by atoms with Crippen molar-refractivity contribution in [1.29, 1.82) is 0 Å². The smallest absolute Gasteiger partial charge is 0.326 e. The zero-order valence-electron chi connectivity index (χ0n) is 20.6. The van der Waals surface area contributed by atoms with Gasteiger partial charge in [0.05, 0.1) is 34.8 Å². The van der Waals surface area contributed by atoms with Crippen LogP contribution in [0.25, 0.3) is 0 Å². The van der Waals surface area contributed by atoms with Crippen LogP contribution in [0.1, 0.15) is 25.3 Å². The number of carbonyl (C=O) groups excluding carboxylic acids is 2. The summed E-state index contributed by atoms with van der Waals surface area (Å²) in [6, 6.07) is 12.0. The molecule has 0 spiro atoms. The lowest BCUT2D eigenvalue weighted by Gasteiger charge is -2.26. The maximum Gasteiger partial charge on any atom is 0.326 e. The SMILES string of the molecule is CCCCOC(=O)CN(c1cccc2c1CCN2C(=O)Nc1cccnc1)S(=O)(=O)c1cc(Cl)cc(Cl)c1. The van der Waals surface area contributed by atoms with Crippen molar-refractivity contribution in [2.45, 2.75) is 31.1 Å². The van der Waals surface area contributed by atoms with E-state index < -0.39 is 22.5 Å². The molecule has 0 saturated carbocycles. The van der Waals surface area contributed by atoms with Crippen LogP contribution in [0.5, 0.6) is 0 Å². The van der Waals surface area contributed by atoms with Gasteiger partial charge in [0.15, 0.2) is 0 Å². The molecule has 2 amide bonds. The summed E-state index contributed by atoms with van der Waals surface area (Å²) >= 11 is 12.2. The average Bonchev–Trinajstić information content (AvgIpc) is 3.32. The van der Waals surface area contributed by atoms with Gasteiger partial charge < -0.3 is 10.1 Å². The summed E-state index contributed by atoms with van der Waals surface area (Å²) in [5.74, 6) is -0.697. The number of fused-ring (bicyclic) bond motifs is 1. The standard InChI is InChI=1S/C26H26Cl2N4O5S/c1-2-3-12-37-25(33)17-32(38(35,36)21-14-18(27)13-19(28)15-21)24-8-4-7-23-22(24)9-11-31(23)26(34)30-20-6-5-10-29-16-20/h4-8,10,13-16H,2-3,9,11-12,17H2,1H3,(H,30,34). The quantitative estimate of drug-likeness (QED) is 0.265. The minimum absolute atomic E-state index is 0.137. The Bertz CT molecular complexity index is 1420. The monoisotopic (exact) mass is 576 g/mol. The topological polar surface area (TPSA) is 109 Å². The number of aromatic nitrogens is 1. The first kappa shape index (κ1) is 27.7. The first-order chi connectivity index (χ1) is 18.2. The molecule has 0 radical (unpaired) electrons. The zero-order chi connectivity index (χ0) is 27.3. The van der Waals surface area contributed by atoms with Gasteiger partial charge in [0.25, 0.3) is 10.0 Å². The molecule has 0 bridgehead atoms. The molecule has 3 aromatic rings. The highest BCUT2D eigenvalue weighted by molar-refractivity contribution is 7.92. The molecule has 0 unspecified atom stereocenters. The maximum absolute atomic E-state index is 13.9. The van der Waals surface area contributed by atoms with Crippen molar-refractivity contribution in [2.75, 3.05) is 34.2 Å². The summed E-state index contributed by atoms with van der Waals surface area (Å²) < 4.78 is 34.0. The number of hydrogen-bond acceptors (Lipinski definition) is 6. The summed E-state index contributed by atoms with van der Waals surface area (Å²) in [6.45, 7) is 1.89. The lowest BCUT2D eigenvalue weighted by atomic mass is 10.1. The first-order valence-electron chi connectivity index (χ1n) is 12.0. The number of urea groups is 1. The number of amides is 2. The molecule has 1 aliphatic heterocycles. The van der Waals surface area contributed by atoms with Crippen LogP contribution < -0.4 is 14.5 Å². The van der Waals surface area contributed by atoms with E-state index in [9.17, 15) is 18.0 Å². The predicted octanol–water partition coefficient (Wildman–Crippen LogP) is 5.52. The molecular weight excluding hydrogens is 551 g/mol. The number of anilines is 3. The molecule has 2 aromatic carbocycles. The number of unbranched alkanes of at least 4 members (excludes halogenated alkanes) is 1. The van der Waals surface area contributed by atoms with E-state index in [0.717, 1.165) is 10.7 Å². The van der Waals surface area contributed by atoms with Crippen LogP contribution in [0.15, 0.2) is 65.8 Å². The Hall–Kier alpha value is -3.34. The molecule has 1 aliphatic rings. The van der Waals surface area contributed by atoms with E-state index in [2.05, 4.69) is 10.3 Å². The van der Waals surface area contributed by atoms with E-state index in [1.807, 2.05) is 6.92 Å². The average molecular weight is 577 g/mol. The normalized spacial score (nSPS) is 12.7. The summed E-state index contributed by atoms with van der Waals surface area (Å²) in [4.78, 5) is 31.1. The molecule has 12 heteroatoms. The van der Waals surface area contributed by atoms with Crippen molar-refractivity contribution in [1.82, 2.24) is 4.98 Å². The van der Waals surface area contributed by atoms with Gasteiger partial charge >= 0.3 is 12.0 Å². The molecule has 200 valence electrons. The Morgan fingerprint density at radius 1 is 1.13 bits per heavy atom. The Morgan fingerprint density at radius 3 is 2.58 bits per heavy atom. The minimum atomic E-state index is -4.30. The van der Waals surface area contributed by atoms with Gasteiger partial charge in [-0.05, 0) is 55.3 Å². The van der Waals surface area contributed by atoms with E-state index in [-0.39, 0.29) is 33.3 Å². The zero-order valence-corrected chi connectivity index (χ0v) is 22.9. The third-order valence-electron chi connectivity index (χ3n) is 5.89. The number of rotatable bonds is 9. The Labute approximate surface area is 231 Å². The second kappa shape index (κ2) is 12.0. The van der Waals surface area contributed by atoms with Crippen LogP contribution in [0.3, 0.4) is 0 Å². The predicted molar refractivity (Wildman–Crippen MR) is 148 cm³/mol. The van der Waals surface area contributed by atoms with Gasteiger partial charge in [0.2, 0.25) is 0 Å². The summed E-state index contributed by atoms with van der Waals surface area (Å²) in [6.07, 6.45) is 4.98. The van der Waals surface area contributed by atoms with Gasteiger partial charge in [-0.2, -0.15) is 0 Å². The fourth-order valence-corrected chi connectivity index (χ4v) is 6.25. The number of nitrogens with one attached hydrogen (secondary N) is 1. The Balaban J connectivity index is 1.71. The van der Waals surface area contributed by atoms with Gasteiger partial charge in [-0.3, -0.25) is 19.0 Å². The van der Waals surface area contributed by atoms with Crippen LogP contribution in [0.4, 0.5) is 21.9 Å². The summed E-state index contributed by atoms with van der Waals surface area (Å²) in [5.41, 5.74) is 1.93. The van der Waals surface area contributed by atoms with Crippen LogP contribution in [0.2, 0.25) is 10.0 Å². The van der Waals surface area contributed by atoms with Gasteiger partial charge in [-0.25, -0.2) is 13.2 Å². The van der Waals surface area contributed by atoms with E-state index in [1.54, 1.807) is 36.5 Å². The third-order valence-corrected chi connectivity index (χ3v) is 8.06. The molecule has 1 aromatic heterocycles. The molecule has 0 atom stereocenters. The molecule has 0 fully saturated rings. The van der Waals surface area contributed by atoms with Gasteiger partial charge in [0.1, 0.15) is 6.54 Å². The molecule has 4 rings (SSSR count). The number of carbonyl (C=O) groups is 2. The summed E-state index contributed by atoms with van der Waals surface area (Å²) in [7, 11) is -4.30. The number of halogens is 2. The fourth-order valence-electron chi connectivity index (χ4n) is 4.09. The van der Waals surface area contributed by atoms with E-state index in [4.69, 9.17) is 27.9 Å². The second-order valence-electron chi connectivity index (χ2n) is 8.54. The van der Waals surface area contributed by atoms with Crippen molar-refractivity contribution >= 4 is 62.3 Å². The van der Waals surface area contributed by atoms with Crippen molar-refractivity contribution in [2.24, 2.45) is 0 Å². The molecule has 38 heavy (non-hydrogen) atoms. The van der Waals surface area contributed by atoms with Gasteiger partial charge in [-0.15, -0.1) is 0 Å². The highest BCUT2D eigenvalue weighted by Crippen LogP contribution is 2.38. The lowest BCUT2D eigenvalue weighted by Crippen LogP contribution is -2.37. The van der Waals surface area contributed by atoms with Gasteiger partial charge in [-0.1, -0.05) is 42.6 Å². The number of hydrogen-bond donors (Lipinski definition) is 1. The lowest BCUT2D eigenvalue weighted by molar-refractivity contribution is -0.141. The number of benzene rings is 2. The number of nitrogens with zero attached hydrogens (tertiary/aromatic N) is 3. The third kappa shape index (κ3) is 6.20. The van der Waals surface area contributed by atoms with Crippen molar-refractivity contribution in [3.05, 3.63) is 76.5 Å². The number of ether oxygens (including phenoxy) is 1. The summed E-state index contributed by atoms with van der Waals surface area (Å²) in [5, 5.41) is 3.07. The first-order valence-corrected chi connectivity index (χ1v) is 14.1. The minimum Gasteiger partial charge on any atom is -0.464 e. The molecular formula is C26H26Cl2N4O5S. The van der Waals surface area contributed by atoms with E-state index >= 15 is 0 Å². The van der Waals surface area contributed by atoms with Crippen molar-refractivity contribution in [3.63, 3.8) is 0 Å². The van der Waals surface area contributed by atoms with Crippen molar-refractivity contribution in [3.8, 4) is 0 Å². The maximum atomic E-state index is 13.9. The number of pyridine rings is 1. The van der Waals surface area contributed by atoms with Crippen LogP contribution in [-0.4, -0.2) is 45.1 Å². The van der Waals surface area contributed by atoms with Crippen LogP contribution >= 0.6 is 23.2 Å². The van der Waals surface area contributed by atoms with E-state index in [0.29, 0.717) is 36.3 Å². The molecule has 1 N–H and O–H groups in total. The highest BCUT2D eigenvalue weighted by atomic mass is 35.5. The molecule has 0 aliphatic carbocycles. The number of esters is 1. The Kier molecular flexibility index (Phi) is 8.76. The van der Waals surface area contributed by atoms with Crippen molar-refractivity contribution < 1.29 is 22.7 Å². The van der Waals surface area contributed by atoms with Gasteiger partial charge in [0, 0.05) is 28.4 Å². The molecule has 0 saturated heterocycles. The van der Waals surface area contributed by atoms with Crippen LogP contribution in [0, 0.1) is 0 Å². The molecule has 9 nitrogen and oxygen atoms in total. The molecule has 2 heterocycles. The second-order valence-corrected chi connectivity index (χ2v) is 11.3. The van der Waals surface area contributed by atoms with E-state index in [1.165, 1.54) is 29.3 Å². The highest BCUT2D eigenvalue weighted by Gasteiger charge is 2.34. The van der Waals surface area contributed by atoms with Crippen LogP contribution in [-0.2, 0) is 26.0 Å². The largest absolute Gasteiger partial charge is 0.464 e. The fraction of sp³-hybridized carbons (Fsp3) is 0.269. The Morgan fingerprint density at radius 2 is 1.89 bits per heavy atom.